The third-order valence-corrected chi connectivity index (χ3v) is 11.2. The Bertz CT molecular complexity index is 2860. The number of benzene rings is 8. The average Bonchev–Trinajstić information content (AvgIpc) is 3.76. The van der Waals surface area contributed by atoms with Crippen molar-refractivity contribution < 1.29 is 0 Å². The summed E-state index contributed by atoms with van der Waals surface area (Å²) in [7, 11) is 0. The van der Waals surface area contributed by atoms with Crippen LogP contribution in [0.15, 0.2) is 182 Å². The van der Waals surface area contributed by atoms with Crippen LogP contribution in [0, 0.1) is 0 Å². The average molecular weight is 654 g/mol. The van der Waals surface area contributed by atoms with Gasteiger partial charge in [-0.3, -0.25) is 0 Å². The molecule has 0 aliphatic carbocycles. The summed E-state index contributed by atoms with van der Waals surface area (Å²) in [6, 6.07) is 66.5. The number of H-pyrrole nitrogens is 1. The summed E-state index contributed by atoms with van der Waals surface area (Å²) in [5.74, 6) is 0. The first-order valence-corrected chi connectivity index (χ1v) is 17.9. The van der Waals surface area contributed by atoms with Crippen molar-refractivity contribution in [2.75, 3.05) is 0 Å². The van der Waals surface area contributed by atoms with E-state index in [1.807, 2.05) is 11.3 Å². The Hall–Kier alpha value is -6.22. The number of thiophene rings is 1. The largest absolute Gasteiger partial charge is 0.355 e. The van der Waals surface area contributed by atoms with Crippen molar-refractivity contribution in [2.45, 2.75) is 0 Å². The number of aromatic nitrogens is 1. The highest BCUT2D eigenvalue weighted by Gasteiger charge is 2.16. The lowest BCUT2D eigenvalue weighted by Gasteiger charge is -2.11. The van der Waals surface area contributed by atoms with Gasteiger partial charge in [-0.15, -0.1) is 11.3 Å². The number of nitrogens with one attached hydrogen (secondary N) is 1. The fourth-order valence-corrected chi connectivity index (χ4v) is 8.67. The maximum atomic E-state index is 3.61. The molecule has 0 fully saturated rings. The van der Waals surface area contributed by atoms with Crippen molar-refractivity contribution in [1.82, 2.24) is 4.98 Å². The summed E-state index contributed by atoms with van der Waals surface area (Å²) in [5, 5.41) is 5.10. The van der Waals surface area contributed by atoms with Crippen molar-refractivity contribution >= 4 is 53.3 Å². The molecule has 0 bridgehead atoms. The Balaban J connectivity index is 1.19. The molecule has 1 nitrogen and oxygen atoms in total. The fourth-order valence-electron chi connectivity index (χ4n) is 7.47. The minimum absolute atomic E-state index is 1.16. The van der Waals surface area contributed by atoms with Gasteiger partial charge in [0.15, 0.2) is 0 Å². The summed E-state index contributed by atoms with van der Waals surface area (Å²) >= 11 is 1.89. The lowest BCUT2D eigenvalue weighted by molar-refractivity contribution is 1.54. The number of hydrogen-bond donors (Lipinski definition) is 1. The molecule has 2 aromatic heterocycles. The Kier molecular flexibility index (Phi) is 6.75. The van der Waals surface area contributed by atoms with Gasteiger partial charge in [-0.05, 0) is 105 Å². The van der Waals surface area contributed by atoms with Crippen molar-refractivity contribution in [2.24, 2.45) is 0 Å². The molecular formula is C48H31NS. The van der Waals surface area contributed by atoms with Crippen molar-refractivity contribution in [3.8, 4) is 55.6 Å². The zero-order chi connectivity index (χ0) is 33.0. The molecule has 0 spiro atoms. The van der Waals surface area contributed by atoms with Crippen LogP contribution in [0.5, 0.6) is 0 Å². The number of rotatable bonds is 5. The van der Waals surface area contributed by atoms with Gasteiger partial charge in [0.25, 0.3) is 0 Å². The molecule has 1 N–H and O–H groups in total. The molecule has 2 heteroatoms. The van der Waals surface area contributed by atoms with Gasteiger partial charge in [-0.25, -0.2) is 0 Å². The van der Waals surface area contributed by atoms with E-state index in [-0.39, 0.29) is 0 Å². The monoisotopic (exact) mass is 653 g/mol. The van der Waals surface area contributed by atoms with E-state index >= 15 is 0 Å². The van der Waals surface area contributed by atoms with Crippen LogP contribution in [0.1, 0.15) is 0 Å². The second kappa shape index (κ2) is 11.7. The number of fused-ring (bicyclic) bond motifs is 6. The lowest BCUT2D eigenvalue weighted by atomic mass is 9.93. The second-order valence-electron chi connectivity index (χ2n) is 13.0. The second-order valence-corrected chi connectivity index (χ2v) is 14.1. The van der Waals surface area contributed by atoms with E-state index in [0.717, 1.165) is 5.52 Å². The summed E-state index contributed by atoms with van der Waals surface area (Å²) in [5.41, 5.74) is 14.6. The maximum absolute atomic E-state index is 3.61. The summed E-state index contributed by atoms with van der Waals surface area (Å²) in [6.07, 6.45) is 0. The van der Waals surface area contributed by atoms with Crippen molar-refractivity contribution in [3.63, 3.8) is 0 Å². The van der Waals surface area contributed by atoms with E-state index in [2.05, 4.69) is 187 Å². The number of hydrogen-bond acceptors (Lipinski definition) is 1. The molecule has 0 amide bonds. The topological polar surface area (TPSA) is 15.8 Å². The van der Waals surface area contributed by atoms with Crippen LogP contribution in [-0.2, 0) is 0 Å². The van der Waals surface area contributed by atoms with Gasteiger partial charge in [-0.2, -0.15) is 0 Å². The molecule has 10 rings (SSSR count). The van der Waals surface area contributed by atoms with Gasteiger partial charge < -0.3 is 4.98 Å². The molecule has 0 saturated carbocycles. The molecule has 50 heavy (non-hydrogen) atoms. The molecule has 2 heterocycles. The first kappa shape index (κ1) is 28.8. The van der Waals surface area contributed by atoms with Crippen LogP contribution in [0.25, 0.3) is 97.6 Å². The zero-order valence-corrected chi connectivity index (χ0v) is 28.0. The summed E-state index contributed by atoms with van der Waals surface area (Å²) in [6.45, 7) is 0. The first-order valence-electron chi connectivity index (χ1n) is 17.1. The van der Waals surface area contributed by atoms with Crippen LogP contribution in [0.4, 0.5) is 0 Å². The molecular weight excluding hydrogens is 623 g/mol. The molecule has 8 aromatic carbocycles. The van der Waals surface area contributed by atoms with E-state index in [1.54, 1.807) is 0 Å². The van der Waals surface area contributed by atoms with Gasteiger partial charge in [0.2, 0.25) is 0 Å². The minimum atomic E-state index is 1.16. The van der Waals surface area contributed by atoms with Crippen molar-refractivity contribution in [1.29, 1.82) is 0 Å². The van der Waals surface area contributed by atoms with E-state index in [4.69, 9.17) is 0 Å². The molecule has 234 valence electrons. The van der Waals surface area contributed by atoms with E-state index in [9.17, 15) is 0 Å². The number of para-hydroxylation sites is 1. The third-order valence-electron chi connectivity index (χ3n) is 9.99. The van der Waals surface area contributed by atoms with Crippen LogP contribution < -0.4 is 0 Å². The Morgan fingerprint density at radius 2 is 0.820 bits per heavy atom. The predicted molar refractivity (Wildman–Crippen MR) is 216 cm³/mol. The standard InChI is InChI=1S/C48H31NS/c1-3-11-31(12-4-1)33-15-9-17-35(25-33)37-22-24-47-43(27-37)44-30-39(36-18-10-16-34(26-36)32-13-5-2-6-14-32)29-41(48(44)50-47)38-21-23-46-42(28-38)40-19-7-8-20-45(40)49-46/h1-30,49H. The number of aromatic amines is 1. The van der Waals surface area contributed by atoms with E-state index < -0.39 is 0 Å². The summed E-state index contributed by atoms with van der Waals surface area (Å²) < 4.78 is 2.62. The van der Waals surface area contributed by atoms with Crippen LogP contribution in [0.2, 0.25) is 0 Å². The molecule has 0 saturated heterocycles. The molecule has 10 aromatic rings. The smallest absolute Gasteiger partial charge is 0.0465 e. The molecule has 0 aliphatic rings. The predicted octanol–water partition coefficient (Wildman–Crippen LogP) is 14.0. The lowest BCUT2D eigenvalue weighted by Crippen LogP contribution is -1.85. The highest BCUT2D eigenvalue weighted by molar-refractivity contribution is 7.26. The normalized spacial score (nSPS) is 11.6. The Morgan fingerprint density at radius 3 is 1.54 bits per heavy atom. The van der Waals surface area contributed by atoms with Gasteiger partial charge in [-0.1, -0.05) is 127 Å². The Labute approximate surface area is 294 Å². The van der Waals surface area contributed by atoms with Gasteiger partial charge in [0, 0.05) is 47.5 Å². The van der Waals surface area contributed by atoms with Crippen LogP contribution in [-0.4, -0.2) is 4.98 Å². The molecule has 0 aliphatic heterocycles. The minimum Gasteiger partial charge on any atom is -0.355 e. The quantitative estimate of drug-likeness (QED) is 0.190. The molecule has 0 radical (unpaired) electrons. The SMILES string of the molecule is c1ccc(-c2cccc(-c3ccc4sc5c(-c6ccc7[nH]c8ccccc8c7c6)cc(-c6cccc(-c7ccccc7)c6)cc5c4c3)c2)cc1. The first-order chi connectivity index (χ1) is 24.7. The van der Waals surface area contributed by atoms with Crippen LogP contribution >= 0.6 is 11.3 Å². The van der Waals surface area contributed by atoms with Gasteiger partial charge in [0.05, 0.1) is 0 Å². The van der Waals surface area contributed by atoms with E-state index in [0.29, 0.717) is 0 Å². The van der Waals surface area contributed by atoms with Gasteiger partial charge >= 0.3 is 0 Å². The summed E-state index contributed by atoms with van der Waals surface area (Å²) in [4.78, 5) is 3.61. The Morgan fingerprint density at radius 1 is 0.300 bits per heavy atom. The van der Waals surface area contributed by atoms with Crippen LogP contribution in [0.3, 0.4) is 0 Å². The van der Waals surface area contributed by atoms with Crippen molar-refractivity contribution in [3.05, 3.63) is 182 Å². The zero-order valence-electron chi connectivity index (χ0n) is 27.2. The highest BCUT2D eigenvalue weighted by atomic mass is 32.1. The van der Waals surface area contributed by atoms with Gasteiger partial charge in [0.1, 0.15) is 0 Å². The van der Waals surface area contributed by atoms with E-state index in [1.165, 1.54) is 92.1 Å². The molecule has 0 unspecified atom stereocenters. The fraction of sp³-hybridized carbons (Fsp3) is 0. The third kappa shape index (κ3) is 4.92. The highest BCUT2D eigenvalue weighted by Crippen LogP contribution is 2.45. The molecule has 0 atom stereocenters. The maximum Gasteiger partial charge on any atom is 0.0465 e.